The fourth-order valence-corrected chi connectivity index (χ4v) is 1.41. The number of halogens is 1. The lowest BCUT2D eigenvalue weighted by Crippen LogP contribution is -1.97. The lowest BCUT2D eigenvalue weighted by atomic mass is 10.3. The van der Waals surface area contributed by atoms with Crippen molar-refractivity contribution in [2.24, 2.45) is 0 Å². The SMILES string of the molecule is Cc1ccn(Cc2ccnc(F)c2)c1. The molecule has 0 aliphatic rings. The van der Waals surface area contributed by atoms with Crippen molar-refractivity contribution in [3.8, 4) is 0 Å². The molecule has 14 heavy (non-hydrogen) atoms. The highest BCUT2D eigenvalue weighted by Crippen LogP contribution is 2.05. The second kappa shape index (κ2) is 3.62. The molecule has 0 aliphatic heterocycles. The van der Waals surface area contributed by atoms with E-state index in [4.69, 9.17) is 0 Å². The summed E-state index contributed by atoms with van der Waals surface area (Å²) >= 11 is 0. The maximum atomic E-state index is 12.8. The summed E-state index contributed by atoms with van der Waals surface area (Å²) in [5.74, 6) is -0.425. The Bertz CT molecular complexity index is 434. The first-order chi connectivity index (χ1) is 6.74. The first kappa shape index (κ1) is 8.94. The minimum Gasteiger partial charge on any atom is -0.350 e. The molecule has 0 atom stereocenters. The molecule has 0 saturated carbocycles. The number of aromatic nitrogens is 2. The van der Waals surface area contributed by atoms with Crippen LogP contribution in [0.4, 0.5) is 4.39 Å². The van der Waals surface area contributed by atoms with Gasteiger partial charge in [-0.05, 0) is 36.2 Å². The molecule has 2 aromatic heterocycles. The molecule has 2 rings (SSSR count). The average Bonchev–Trinajstić information content (AvgIpc) is 2.51. The van der Waals surface area contributed by atoms with E-state index in [1.165, 1.54) is 17.8 Å². The Kier molecular flexibility index (Phi) is 2.31. The van der Waals surface area contributed by atoms with Crippen molar-refractivity contribution in [3.05, 3.63) is 53.9 Å². The van der Waals surface area contributed by atoms with Crippen molar-refractivity contribution in [1.29, 1.82) is 0 Å². The summed E-state index contributed by atoms with van der Waals surface area (Å²) in [5.41, 5.74) is 2.13. The number of nitrogens with zero attached hydrogens (tertiary/aromatic N) is 2. The topological polar surface area (TPSA) is 17.8 Å². The van der Waals surface area contributed by atoms with E-state index in [0.717, 1.165) is 5.56 Å². The molecule has 2 heterocycles. The maximum Gasteiger partial charge on any atom is 0.213 e. The molecular weight excluding hydrogens is 179 g/mol. The molecule has 0 fully saturated rings. The molecule has 0 aliphatic carbocycles. The van der Waals surface area contributed by atoms with Crippen molar-refractivity contribution >= 4 is 0 Å². The van der Waals surface area contributed by atoms with Crippen molar-refractivity contribution in [2.45, 2.75) is 13.5 Å². The monoisotopic (exact) mass is 190 g/mol. The molecule has 0 radical (unpaired) electrons. The minimum atomic E-state index is -0.425. The predicted molar refractivity (Wildman–Crippen MR) is 52.5 cm³/mol. The van der Waals surface area contributed by atoms with Gasteiger partial charge in [0.2, 0.25) is 5.95 Å². The molecular formula is C11H11FN2. The summed E-state index contributed by atoms with van der Waals surface area (Å²) in [4.78, 5) is 3.51. The van der Waals surface area contributed by atoms with Crippen molar-refractivity contribution in [3.63, 3.8) is 0 Å². The van der Waals surface area contributed by atoms with E-state index in [2.05, 4.69) is 4.98 Å². The van der Waals surface area contributed by atoms with Gasteiger partial charge in [0, 0.05) is 25.1 Å². The normalized spacial score (nSPS) is 10.4. The van der Waals surface area contributed by atoms with Gasteiger partial charge in [-0.15, -0.1) is 0 Å². The summed E-state index contributed by atoms with van der Waals surface area (Å²) in [5, 5.41) is 0. The Morgan fingerprint density at radius 2 is 2.29 bits per heavy atom. The molecule has 0 unspecified atom stereocenters. The van der Waals surface area contributed by atoms with E-state index < -0.39 is 5.95 Å². The zero-order valence-corrected chi connectivity index (χ0v) is 7.94. The van der Waals surface area contributed by atoms with Crippen molar-refractivity contribution < 1.29 is 4.39 Å². The minimum absolute atomic E-state index is 0.425. The number of hydrogen-bond donors (Lipinski definition) is 0. The van der Waals surface area contributed by atoms with Crippen LogP contribution in [0.25, 0.3) is 0 Å². The van der Waals surface area contributed by atoms with Crippen LogP contribution < -0.4 is 0 Å². The zero-order valence-electron chi connectivity index (χ0n) is 7.94. The second-order valence-corrected chi connectivity index (χ2v) is 3.35. The van der Waals surface area contributed by atoms with Gasteiger partial charge in [-0.2, -0.15) is 4.39 Å². The van der Waals surface area contributed by atoms with Crippen LogP contribution in [0.15, 0.2) is 36.8 Å². The smallest absolute Gasteiger partial charge is 0.213 e. The molecule has 0 aromatic carbocycles. The van der Waals surface area contributed by atoms with Gasteiger partial charge in [0.25, 0.3) is 0 Å². The van der Waals surface area contributed by atoms with E-state index in [1.807, 2.05) is 36.0 Å². The van der Waals surface area contributed by atoms with E-state index in [0.29, 0.717) is 6.54 Å². The van der Waals surface area contributed by atoms with Gasteiger partial charge in [0.15, 0.2) is 0 Å². The van der Waals surface area contributed by atoms with Crippen LogP contribution in [-0.2, 0) is 6.54 Å². The average molecular weight is 190 g/mol. The van der Waals surface area contributed by atoms with Gasteiger partial charge in [0.05, 0.1) is 0 Å². The molecule has 0 amide bonds. The van der Waals surface area contributed by atoms with Crippen LogP contribution in [-0.4, -0.2) is 9.55 Å². The molecule has 0 saturated heterocycles. The zero-order chi connectivity index (χ0) is 9.97. The molecule has 72 valence electrons. The highest BCUT2D eigenvalue weighted by molar-refractivity contribution is 5.14. The lowest BCUT2D eigenvalue weighted by Gasteiger charge is -2.02. The molecule has 2 nitrogen and oxygen atoms in total. The predicted octanol–water partition coefficient (Wildman–Crippen LogP) is 2.38. The third-order valence-corrected chi connectivity index (χ3v) is 2.05. The van der Waals surface area contributed by atoms with Crippen LogP contribution in [0.1, 0.15) is 11.1 Å². The third kappa shape index (κ3) is 1.99. The largest absolute Gasteiger partial charge is 0.350 e. The number of rotatable bonds is 2. The summed E-state index contributed by atoms with van der Waals surface area (Å²) < 4.78 is 14.8. The van der Waals surface area contributed by atoms with E-state index in [-0.39, 0.29) is 0 Å². The van der Waals surface area contributed by atoms with Crippen LogP contribution in [0.5, 0.6) is 0 Å². The second-order valence-electron chi connectivity index (χ2n) is 3.35. The summed E-state index contributed by atoms with van der Waals surface area (Å²) in [6, 6.07) is 5.30. The van der Waals surface area contributed by atoms with Crippen molar-refractivity contribution in [2.75, 3.05) is 0 Å². The van der Waals surface area contributed by atoms with Gasteiger partial charge in [-0.25, -0.2) is 4.98 Å². The Labute approximate surface area is 82.0 Å². The molecule has 0 N–H and O–H groups in total. The third-order valence-electron chi connectivity index (χ3n) is 2.05. The van der Waals surface area contributed by atoms with Crippen LogP contribution in [0.3, 0.4) is 0 Å². The standard InChI is InChI=1S/C11H11FN2/c1-9-3-5-14(7-9)8-10-2-4-13-11(12)6-10/h2-7H,8H2,1H3. The fourth-order valence-electron chi connectivity index (χ4n) is 1.41. The van der Waals surface area contributed by atoms with Crippen LogP contribution in [0, 0.1) is 12.9 Å². The maximum absolute atomic E-state index is 12.8. The van der Waals surface area contributed by atoms with E-state index >= 15 is 0 Å². The quantitative estimate of drug-likeness (QED) is 0.665. The summed E-state index contributed by atoms with van der Waals surface area (Å²) in [6.45, 7) is 2.72. The summed E-state index contributed by atoms with van der Waals surface area (Å²) in [7, 11) is 0. The Morgan fingerprint density at radius 3 is 2.93 bits per heavy atom. The van der Waals surface area contributed by atoms with E-state index in [1.54, 1.807) is 0 Å². The number of hydrogen-bond acceptors (Lipinski definition) is 1. The summed E-state index contributed by atoms with van der Waals surface area (Å²) in [6.07, 6.45) is 5.49. The molecule has 3 heteroatoms. The van der Waals surface area contributed by atoms with Crippen molar-refractivity contribution in [1.82, 2.24) is 9.55 Å². The van der Waals surface area contributed by atoms with Gasteiger partial charge in [-0.3, -0.25) is 0 Å². The molecule has 0 spiro atoms. The fraction of sp³-hybridized carbons (Fsp3) is 0.182. The Hall–Kier alpha value is -1.64. The van der Waals surface area contributed by atoms with Crippen LogP contribution >= 0.6 is 0 Å². The van der Waals surface area contributed by atoms with Gasteiger partial charge >= 0.3 is 0 Å². The highest BCUT2D eigenvalue weighted by atomic mass is 19.1. The van der Waals surface area contributed by atoms with E-state index in [9.17, 15) is 4.39 Å². The molecule has 2 aromatic rings. The highest BCUT2D eigenvalue weighted by Gasteiger charge is 1.97. The van der Waals surface area contributed by atoms with Gasteiger partial charge in [-0.1, -0.05) is 0 Å². The van der Waals surface area contributed by atoms with Gasteiger partial charge < -0.3 is 4.57 Å². The molecule has 0 bridgehead atoms. The first-order valence-corrected chi connectivity index (χ1v) is 4.47. The Morgan fingerprint density at radius 1 is 1.43 bits per heavy atom. The first-order valence-electron chi connectivity index (χ1n) is 4.47. The van der Waals surface area contributed by atoms with Crippen LogP contribution in [0.2, 0.25) is 0 Å². The lowest BCUT2D eigenvalue weighted by molar-refractivity contribution is 0.580. The number of pyridine rings is 1. The Balaban J connectivity index is 2.18. The number of aryl methyl sites for hydroxylation is 1. The van der Waals surface area contributed by atoms with Gasteiger partial charge in [0.1, 0.15) is 0 Å².